The van der Waals surface area contributed by atoms with E-state index in [9.17, 15) is 9.18 Å². The second kappa shape index (κ2) is 7.32. The molecular formula is C16H20FN5O. The van der Waals surface area contributed by atoms with Crippen LogP contribution in [0, 0.1) is 5.82 Å². The first-order valence-electron chi connectivity index (χ1n) is 7.86. The zero-order valence-corrected chi connectivity index (χ0v) is 12.9. The molecule has 1 aromatic heterocycles. The monoisotopic (exact) mass is 317 g/mol. The summed E-state index contributed by atoms with van der Waals surface area (Å²) in [5.41, 5.74) is 1.20. The van der Waals surface area contributed by atoms with Crippen molar-refractivity contribution in [3.05, 3.63) is 47.5 Å². The van der Waals surface area contributed by atoms with Crippen molar-refractivity contribution >= 4 is 5.91 Å². The van der Waals surface area contributed by atoms with Crippen LogP contribution in [0.1, 0.15) is 28.9 Å². The van der Waals surface area contributed by atoms with E-state index >= 15 is 0 Å². The van der Waals surface area contributed by atoms with Crippen LogP contribution in [0.2, 0.25) is 0 Å². The minimum atomic E-state index is -0.273. The van der Waals surface area contributed by atoms with Gasteiger partial charge in [0.25, 0.3) is 5.91 Å². The highest BCUT2D eigenvalue weighted by Gasteiger charge is 2.13. The molecular weight excluding hydrogens is 297 g/mol. The van der Waals surface area contributed by atoms with E-state index < -0.39 is 0 Å². The van der Waals surface area contributed by atoms with Gasteiger partial charge in [-0.3, -0.25) is 4.79 Å². The van der Waals surface area contributed by atoms with Gasteiger partial charge in [0, 0.05) is 13.1 Å². The summed E-state index contributed by atoms with van der Waals surface area (Å²) in [5.74, 6) is -0.486. The zero-order chi connectivity index (χ0) is 16.1. The average molecular weight is 317 g/mol. The molecule has 1 aliphatic rings. The second-order valence-electron chi connectivity index (χ2n) is 5.73. The van der Waals surface area contributed by atoms with Crippen LogP contribution in [0.15, 0.2) is 30.5 Å². The van der Waals surface area contributed by atoms with Gasteiger partial charge in [-0.15, -0.1) is 5.10 Å². The van der Waals surface area contributed by atoms with Crippen molar-refractivity contribution < 1.29 is 9.18 Å². The Bertz CT molecular complexity index is 649. The number of aromatic nitrogens is 3. The molecule has 0 unspecified atom stereocenters. The van der Waals surface area contributed by atoms with Crippen LogP contribution >= 0.6 is 0 Å². The first-order chi connectivity index (χ1) is 11.2. The molecule has 6 nitrogen and oxygen atoms in total. The molecule has 7 heteroatoms. The van der Waals surface area contributed by atoms with Crippen LogP contribution < -0.4 is 5.32 Å². The van der Waals surface area contributed by atoms with E-state index in [-0.39, 0.29) is 11.7 Å². The van der Waals surface area contributed by atoms with E-state index in [0.29, 0.717) is 18.8 Å². The lowest BCUT2D eigenvalue weighted by Gasteiger charge is -2.14. The quantitative estimate of drug-likeness (QED) is 0.872. The minimum absolute atomic E-state index is 0.213. The number of carbonyl (C=O) groups excluding carboxylic acids is 1. The van der Waals surface area contributed by atoms with E-state index in [2.05, 4.69) is 20.5 Å². The Balaban J connectivity index is 1.49. The summed E-state index contributed by atoms with van der Waals surface area (Å²) in [4.78, 5) is 14.4. The van der Waals surface area contributed by atoms with E-state index in [1.165, 1.54) is 25.0 Å². The molecule has 2 heterocycles. The molecule has 23 heavy (non-hydrogen) atoms. The topological polar surface area (TPSA) is 63.1 Å². The molecule has 0 bridgehead atoms. The number of carbonyl (C=O) groups is 1. The highest BCUT2D eigenvalue weighted by Crippen LogP contribution is 2.06. The molecule has 1 saturated heterocycles. The second-order valence-corrected chi connectivity index (χ2v) is 5.73. The Hall–Kier alpha value is -2.28. The normalized spacial score (nSPS) is 15.0. The molecule has 1 aliphatic heterocycles. The lowest BCUT2D eigenvalue weighted by atomic mass is 10.2. The molecule has 0 atom stereocenters. The average Bonchev–Trinajstić information content (AvgIpc) is 3.21. The molecule has 1 fully saturated rings. The number of nitrogens with zero attached hydrogens (tertiary/aromatic N) is 4. The molecule has 0 aliphatic carbocycles. The van der Waals surface area contributed by atoms with Gasteiger partial charge in [0.2, 0.25) is 0 Å². The summed E-state index contributed by atoms with van der Waals surface area (Å²) in [6, 6.07) is 6.18. The Morgan fingerprint density at radius 2 is 1.96 bits per heavy atom. The van der Waals surface area contributed by atoms with Crippen molar-refractivity contribution in [1.82, 2.24) is 25.2 Å². The molecule has 1 aromatic carbocycles. The predicted molar refractivity (Wildman–Crippen MR) is 83.5 cm³/mol. The van der Waals surface area contributed by atoms with Gasteiger partial charge in [-0.2, -0.15) is 0 Å². The number of hydrogen-bond donors (Lipinski definition) is 1. The van der Waals surface area contributed by atoms with Crippen LogP contribution in [0.25, 0.3) is 0 Å². The first kappa shape index (κ1) is 15.6. The molecule has 0 spiro atoms. The van der Waals surface area contributed by atoms with Crippen LogP contribution in [-0.2, 0) is 6.54 Å². The molecule has 0 saturated carbocycles. The Kier molecular flexibility index (Phi) is 4.97. The fraction of sp³-hybridized carbons (Fsp3) is 0.438. The van der Waals surface area contributed by atoms with E-state index in [4.69, 9.17) is 0 Å². The van der Waals surface area contributed by atoms with Gasteiger partial charge in [-0.1, -0.05) is 17.3 Å². The lowest BCUT2D eigenvalue weighted by molar-refractivity contribution is 0.0944. The fourth-order valence-electron chi connectivity index (χ4n) is 2.68. The zero-order valence-electron chi connectivity index (χ0n) is 12.9. The number of amides is 1. The van der Waals surface area contributed by atoms with Crippen molar-refractivity contribution in [3.63, 3.8) is 0 Å². The first-order valence-corrected chi connectivity index (χ1v) is 7.86. The summed E-state index contributed by atoms with van der Waals surface area (Å²) >= 11 is 0. The van der Waals surface area contributed by atoms with Crippen molar-refractivity contribution in [2.24, 2.45) is 0 Å². The standard InChI is InChI=1S/C16H20FN5O/c17-14-5-3-13(4-6-14)11-22-12-15(19-20-22)16(23)18-7-10-21-8-1-2-9-21/h3-6,12H,1-2,7-11H2,(H,18,23). The van der Waals surface area contributed by atoms with E-state index in [0.717, 1.165) is 25.2 Å². The molecule has 1 amide bonds. The lowest BCUT2D eigenvalue weighted by Crippen LogP contribution is -2.33. The third-order valence-electron chi connectivity index (χ3n) is 3.94. The molecule has 122 valence electrons. The van der Waals surface area contributed by atoms with Gasteiger partial charge in [0.1, 0.15) is 5.82 Å². The fourth-order valence-corrected chi connectivity index (χ4v) is 2.68. The number of likely N-dealkylation sites (tertiary alicyclic amines) is 1. The highest BCUT2D eigenvalue weighted by molar-refractivity contribution is 5.91. The number of halogens is 1. The molecule has 0 radical (unpaired) electrons. The van der Waals surface area contributed by atoms with E-state index in [1.54, 1.807) is 23.0 Å². The number of hydrogen-bond acceptors (Lipinski definition) is 4. The third-order valence-corrected chi connectivity index (χ3v) is 3.94. The summed E-state index contributed by atoms with van der Waals surface area (Å²) in [6.45, 7) is 4.17. The summed E-state index contributed by atoms with van der Waals surface area (Å²) < 4.78 is 14.4. The maximum atomic E-state index is 12.9. The smallest absolute Gasteiger partial charge is 0.273 e. The Morgan fingerprint density at radius 3 is 2.70 bits per heavy atom. The van der Waals surface area contributed by atoms with Gasteiger partial charge < -0.3 is 10.2 Å². The Labute approximate surface area is 134 Å². The highest BCUT2D eigenvalue weighted by atomic mass is 19.1. The van der Waals surface area contributed by atoms with Gasteiger partial charge in [-0.25, -0.2) is 9.07 Å². The van der Waals surface area contributed by atoms with Gasteiger partial charge in [0.15, 0.2) is 5.69 Å². The number of rotatable bonds is 6. The maximum Gasteiger partial charge on any atom is 0.273 e. The van der Waals surface area contributed by atoms with Crippen LogP contribution in [0.5, 0.6) is 0 Å². The number of benzene rings is 1. The maximum absolute atomic E-state index is 12.9. The van der Waals surface area contributed by atoms with Gasteiger partial charge in [-0.05, 0) is 43.6 Å². The molecule has 2 aromatic rings. The minimum Gasteiger partial charge on any atom is -0.349 e. The van der Waals surface area contributed by atoms with Gasteiger partial charge >= 0.3 is 0 Å². The summed E-state index contributed by atoms with van der Waals surface area (Å²) in [7, 11) is 0. The summed E-state index contributed by atoms with van der Waals surface area (Å²) in [6.07, 6.45) is 4.09. The van der Waals surface area contributed by atoms with Gasteiger partial charge in [0.05, 0.1) is 12.7 Å². The molecule has 3 rings (SSSR count). The van der Waals surface area contributed by atoms with E-state index in [1.807, 2.05) is 0 Å². The number of nitrogens with one attached hydrogen (secondary N) is 1. The van der Waals surface area contributed by atoms with Crippen molar-refractivity contribution in [3.8, 4) is 0 Å². The largest absolute Gasteiger partial charge is 0.349 e. The van der Waals surface area contributed by atoms with Crippen LogP contribution in [0.3, 0.4) is 0 Å². The SMILES string of the molecule is O=C(NCCN1CCCC1)c1cn(Cc2ccc(F)cc2)nn1. The Morgan fingerprint density at radius 1 is 1.22 bits per heavy atom. The van der Waals surface area contributed by atoms with Crippen molar-refractivity contribution in [1.29, 1.82) is 0 Å². The molecule has 1 N–H and O–H groups in total. The summed E-state index contributed by atoms with van der Waals surface area (Å²) in [5, 5.41) is 10.7. The van der Waals surface area contributed by atoms with Crippen LogP contribution in [0.4, 0.5) is 4.39 Å². The third kappa shape index (κ3) is 4.35. The predicted octanol–water partition coefficient (Wildman–Crippen LogP) is 1.29. The van der Waals surface area contributed by atoms with Crippen molar-refractivity contribution in [2.45, 2.75) is 19.4 Å². The van der Waals surface area contributed by atoms with Crippen molar-refractivity contribution in [2.75, 3.05) is 26.2 Å². The van der Waals surface area contributed by atoms with Crippen LogP contribution in [-0.4, -0.2) is 52.0 Å².